The van der Waals surface area contributed by atoms with Crippen molar-refractivity contribution in [2.75, 3.05) is 39.8 Å². The third-order valence-electron chi connectivity index (χ3n) is 13.8. The Morgan fingerprint density at radius 2 is 1.81 bits per heavy atom. The van der Waals surface area contributed by atoms with Crippen LogP contribution in [-0.4, -0.2) is 159 Å². The van der Waals surface area contributed by atoms with Crippen LogP contribution in [0.25, 0.3) is 0 Å². The molecule has 0 spiro atoms. The van der Waals surface area contributed by atoms with Crippen molar-refractivity contribution in [1.29, 1.82) is 0 Å². The Morgan fingerprint density at radius 3 is 2.46 bits per heavy atom. The van der Waals surface area contributed by atoms with Gasteiger partial charge in [-0.05, 0) is 90.8 Å². The lowest BCUT2D eigenvalue weighted by atomic mass is 9.88. The minimum absolute atomic E-state index is 0.0196. The van der Waals surface area contributed by atoms with Gasteiger partial charge in [-0.3, -0.25) is 19.3 Å². The van der Waals surface area contributed by atoms with Crippen molar-refractivity contribution in [3.63, 3.8) is 0 Å². The Labute approximate surface area is 375 Å². The van der Waals surface area contributed by atoms with E-state index in [0.29, 0.717) is 56.9 Å². The molecule has 63 heavy (non-hydrogen) atoms. The molecule has 4 heterocycles. The van der Waals surface area contributed by atoms with E-state index in [9.17, 15) is 39.6 Å². The van der Waals surface area contributed by atoms with Gasteiger partial charge in [0.2, 0.25) is 5.91 Å². The van der Waals surface area contributed by atoms with Gasteiger partial charge in [0.1, 0.15) is 11.7 Å². The predicted octanol–water partition coefficient (Wildman–Crippen LogP) is 5.79. The number of hydrogen-bond acceptors (Lipinski definition) is 12. The average Bonchev–Trinajstić information content (AvgIpc) is 3.92. The molecule has 0 bridgehead atoms. The maximum atomic E-state index is 14.0. The number of carbonyl (C=O) groups excluding carboxylic acids is 3. The first-order valence-corrected chi connectivity index (χ1v) is 23.5. The Balaban J connectivity index is 1.42. The Morgan fingerprint density at radius 1 is 1.10 bits per heavy atom. The number of carboxylic acid groups (broad SMARTS) is 1. The molecule has 0 aromatic rings. The van der Waals surface area contributed by atoms with Gasteiger partial charge >= 0.3 is 18.0 Å². The zero-order valence-corrected chi connectivity index (χ0v) is 39.3. The van der Waals surface area contributed by atoms with Crippen molar-refractivity contribution in [3.05, 3.63) is 36.0 Å². The SMILES string of the molecule is CC[C@H](O)[C@@H](C)C1OC1C[C@@](C)(O)/C=C/C=C(\C)[C@H]1OC(=O)CC(O)CC[C@@](C)(OC)[C@@H](OC(=O)N2CCN(CCCCCCN3C(=O)CCC3C)[C@H](CCC(=O)O)C2)/C=C/[C@@H]1C. The van der Waals surface area contributed by atoms with E-state index in [0.717, 1.165) is 45.2 Å². The minimum atomic E-state index is -1.19. The highest BCUT2D eigenvalue weighted by Crippen LogP contribution is 2.38. The van der Waals surface area contributed by atoms with Crippen molar-refractivity contribution in [3.8, 4) is 0 Å². The summed E-state index contributed by atoms with van der Waals surface area (Å²) in [5.74, 6) is -1.63. The molecule has 4 rings (SSSR count). The van der Waals surface area contributed by atoms with Crippen LogP contribution in [0.15, 0.2) is 36.0 Å². The van der Waals surface area contributed by atoms with Crippen LogP contribution >= 0.6 is 0 Å². The third kappa shape index (κ3) is 15.9. The number of likely N-dealkylation sites (tertiary alicyclic amines) is 1. The number of aliphatic hydroxyl groups is 3. The van der Waals surface area contributed by atoms with Crippen LogP contribution in [0.4, 0.5) is 4.79 Å². The summed E-state index contributed by atoms with van der Waals surface area (Å²) in [7, 11) is 1.53. The molecular formula is C48H79N3O12. The number of ether oxygens (including phenoxy) is 4. The van der Waals surface area contributed by atoms with E-state index in [1.54, 1.807) is 36.1 Å². The molecule has 3 saturated heterocycles. The van der Waals surface area contributed by atoms with Crippen LogP contribution in [0, 0.1) is 11.8 Å². The fourth-order valence-corrected chi connectivity index (χ4v) is 9.28. The number of amides is 2. The summed E-state index contributed by atoms with van der Waals surface area (Å²) in [6.07, 6.45) is 11.9. The van der Waals surface area contributed by atoms with Gasteiger partial charge in [0.15, 0.2) is 6.10 Å². The summed E-state index contributed by atoms with van der Waals surface area (Å²) in [6, 6.07) is 0.151. The number of carboxylic acids is 1. The fourth-order valence-electron chi connectivity index (χ4n) is 9.28. The van der Waals surface area contributed by atoms with Crippen molar-refractivity contribution in [2.45, 2.75) is 192 Å². The van der Waals surface area contributed by atoms with Gasteiger partial charge in [0.05, 0.1) is 36.4 Å². The van der Waals surface area contributed by atoms with Crippen molar-refractivity contribution < 1.29 is 58.6 Å². The van der Waals surface area contributed by atoms with Crippen LogP contribution in [0.5, 0.6) is 0 Å². The molecule has 0 aliphatic carbocycles. The summed E-state index contributed by atoms with van der Waals surface area (Å²) >= 11 is 0. The Hall–Kier alpha value is -3.34. The molecule has 0 aromatic carbocycles. The number of allylic oxidation sites excluding steroid dienone is 2. The molecule has 0 aromatic heterocycles. The number of hydrogen-bond donors (Lipinski definition) is 4. The van der Waals surface area contributed by atoms with Gasteiger partial charge in [-0.2, -0.15) is 0 Å². The fraction of sp³-hybridized carbons (Fsp3) is 0.792. The number of aliphatic carboxylic acids is 1. The monoisotopic (exact) mass is 890 g/mol. The highest BCUT2D eigenvalue weighted by molar-refractivity contribution is 5.78. The van der Waals surface area contributed by atoms with Crippen molar-refractivity contribution >= 4 is 23.9 Å². The molecule has 2 amide bonds. The predicted molar refractivity (Wildman–Crippen MR) is 239 cm³/mol. The zero-order valence-electron chi connectivity index (χ0n) is 39.3. The van der Waals surface area contributed by atoms with Crippen molar-refractivity contribution in [2.24, 2.45) is 11.8 Å². The number of esters is 1. The average molecular weight is 890 g/mol. The zero-order chi connectivity index (χ0) is 46.5. The summed E-state index contributed by atoms with van der Waals surface area (Å²) in [4.78, 5) is 56.8. The van der Waals surface area contributed by atoms with Crippen LogP contribution in [-0.2, 0) is 33.3 Å². The topological polar surface area (TPSA) is 199 Å². The minimum Gasteiger partial charge on any atom is -0.481 e. The molecule has 4 aliphatic heterocycles. The molecule has 4 unspecified atom stereocenters. The highest BCUT2D eigenvalue weighted by atomic mass is 16.6. The number of rotatable bonds is 20. The number of nitrogens with zero attached hydrogens (tertiary/aromatic N) is 3. The molecule has 15 nitrogen and oxygen atoms in total. The molecule has 3 fully saturated rings. The molecule has 4 N–H and O–H groups in total. The Bertz CT molecular complexity index is 1600. The molecule has 4 aliphatic rings. The lowest BCUT2D eigenvalue weighted by molar-refractivity contribution is -0.151. The van der Waals surface area contributed by atoms with Crippen LogP contribution < -0.4 is 0 Å². The lowest BCUT2D eigenvalue weighted by Crippen LogP contribution is -2.56. The summed E-state index contributed by atoms with van der Waals surface area (Å²) in [6.45, 7) is 16.1. The number of unbranched alkanes of at least 4 members (excludes halogenated alkanes) is 3. The number of piperazine rings is 1. The van der Waals surface area contributed by atoms with Gasteiger partial charge in [0.25, 0.3) is 0 Å². The number of carbonyl (C=O) groups is 4. The lowest BCUT2D eigenvalue weighted by Gasteiger charge is -2.42. The first kappa shape index (κ1) is 52.3. The number of methoxy groups -OCH3 is 1. The van der Waals surface area contributed by atoms with Gasteiger partial charge in [-0.15, -0.1) is 0 Å². The van der Waals surface area contributed by atoms with Crippen molar-refractivity contribution in [1.82, 2.24) is 14.7 Å². The standard InChI is InChI=1S/C48H79N3O12/c1-9-38(53)35(5)45-39(61-45)30-47(6,59)23-14-15-32(2)44-33(3)16-19-40(48(7,60-8)24-22-37(52)29-43(57)63-44)62-46(58)50-28-27-49(36(31-50)18-21-42(55)56)25-12-10-11-13-26-51-34(4)17-20-41(51)54/h14-16,19,23,33-40,44-45,52-53,59H,9-13,17-18,20-22,24-31H2,1-8H3,(H,55,56)/b19-16+,23-14+,32-15+/t33-,34?,35+,36+,37?,38-,39?,40-,44+,45?,47-,48+/m0/s1. The summed E-state index contributed by atoms with van der Waals surface area (Å²) < 4.78 is 24.0. The van der Waals surface area contributed by atoms with E-state index in [1.807, 2.05) is 45.6 Å². The Kier molecular flexibility index (Phi) is 20.1. The summed E-state index contributed by atoms with van der Waals surface area (Å²) in [5, 5.41) is 41.9. The molecule has 12 atom stereocenters. The van der Waals surface area contributed by atoms with Crippen LogP contribution in [0.2, 0.25) is 0 Å². The van der Waals surface area contributed by atoms with Gasteiger partial charge < -0.3 is 49.2 Å². The number of aliphatic hydroxyl groups excluding tert-OH is 2. The van der Waals surface area contributed by atoms with E-state index in [1.165, 1.54) is 7.11 Å². The first-order chi connectivity index (χ1) is 29.8. The molecule has 358 valence electrons. The van der Waals surface area contributed by atoms with E-state index < -0.39 is 59.6 Å². The van der Waals surface area contributed by atoms with E-state index in [2.05, 4.69) is 11.8 Å². The largest absolute Gasteiger partial charge is 0.481 e. The van der Waals surface area contributed by atoms with Crippen LogP contribution in [0.3, 0.4) is 0 Å². The first-order valence-electron chi connectivity index (χ1n) is 23.5. The second kappa shape index (κ2) is 24.3. The highest BCUT2D eigenvalue weighted by Gasteiger charge is 2.47. The maximum Gasteiger partial charge on any atom is 0.410 e. The molecule has 0 saturated carbocycles. The van der Waals surface area contributed by atoms with Gasteiger partial charge in [0, 0.05) is 76.5 Å². The van der Waals surface area contributed by atoms with E-state index >= 15 is 0 Å². The molecule has 0 radical (unpaired) electrons. The molecular weight excluding hydrogens is 811 g/mol. The smallest absolute Gasteiger partial charge is 0.410 e. The third-order valence-corrected chi connectivity index (χ3v) is 13.8. The summed E-state index contributed by atoms with van der Waals surface area (Å²) in [5.41, 5.74) is -1.56. The second-order valence-corrected chi connectivity index (χ2v) is 19.1. The quantitative estimate of drug-likeness (QED) is 0.0377. The maximum absolute atomic E-state index is 14.0. The van der Waals surface area contributed by atoms with Gasteiger partial charge in [-0.25, -0.2) is 4.79 Å². The molecule has 15 heteroatoms. The number of cyclic esters (lactones) is 1. The van der Waals surface area contributed by atoms with Gasteiger partial charge in [-0.1, -0.05) is 57.9 Å². The van der Waals surface area contributed by atoms with E-state index in [4.69, 9.17) is 18.9 Å². The second-order valence-electron chi connectivity index (χ2n) is 19.1. The normalized spacial score (nSPS) is 32.7. The van der Waals surface area contributed by atoms with E-state index in [-0.39, 0.29) is 55.8 Å². The number of epoxide rings is 1. The van der Waals surface area contributed by atoms with Crippen LogP contribution in [0.1, 0.15) is 132 Å².